The number of hydrogen-bond acceptors (Lipinski definition) is 4. The number of anilines is 1. The minimum absolute atomic E-state index is 0.0959. The van der Waals surface area contributed by atoms with Gasteiger partial charge in [0.05, 0.1) is 29.3 Å². The fraction of sp³-hybridized carbons (Fsp3) is 0.375. The molecule has 0 saturated carbocycles. The van der Waals surface area contributed by atoms with Crippen molar-refractivity contribution in [2.45, 2.75) is 37.5 Å². The number of amides is 1. The largest absolute Gasteiger partial charge is 0.384 e. The molecular weight excluding hydrogens is 266 g/mol. The highest BCUT2D eigenvalue weighted by molar-refractivity contribution is 6.07. The summed E-state index contributed by atoms with van der Waals surface area (Å²) in [6.45, 7) is 0. The second-order valence-corrected chi connectivity index (χ2v) is 5.80. The van der Waals surface area contributed by atoms with Crippen molar-refractivity contribution in [1.29, 1.82) is 0 Å². The van der Waals surface area contributed by atoms with Crippen LogP contribution in [0.3, 0.4) is 0 Å². The zero-order valence-corrected chi connectivity index (χ0v) is 11.6. The molecule has 2 saturated heterocycles. The van der Waals surface area contributed by atoms with Crippen LogP contribution in [0.4, 0.5) is 5.82 Å². The van der Waals surface area contributed by atoms with Gasteiger partial charge < -0.3 is 15.8 Å². The Kier molecular flexibility index (Phi) is 2.82. The number of ether oxygens (including phenoxy) is 1. The van der Waals surface area contributed by atoms with Crippen LogP contribution < -0.4 is 11.1 Å². The molecule has 2 fully saturated rings. The molecule has 5 heteroatoms. The summed E-state index contributed by atoms with van der Waals surface area (Å²) in [7, 11) is 0. The molecule has 2 aromatic rings. The molecule has 0 aliphatic carbocycles. The van der Waals surface area contributed by atoms with Crippen LogP contribution in [0.5, 0.6) is 0 Å². The molecule has 3 N–H and O–H groups in total. The van der Waals surface area contributed by atoms with E-state index >= 15 is 0 Å². The first-order valence-corrected chi connectivity index (χ1v) is 7.32. The van der Waals surface area contributed by atoms with Crippen LogP contribution in [0.15, 0.2) is 30.3 Å². The van der Waals surface area contributed by atoms with Crippen LogP contribution in [-0.2, 0) is 4.74 Å². The van der Waals surface area contributed by atoms with E-state index in [2.05, 4.69) is 10.3 Å². The molecule has 4 rings (SSSR count). The number of rotatable bonds is 2. The number of carbonyl (C=O) groups excluding carboxylic acids is 1. The lowest BCUT2D eigenvalue weighted by Gasteiger charge is -2.20. The zero-order valence-electron chi connectivity index (χ0n) is 11.6. The van der Waals surface area contributed by atoms with Gasteiger partial charge in [-0.3, -0.25) is 4.79 Å². The number of pyridine rings is 1. The second kappa shape index (κ2) is 4.70. The summed E-state index contributed by atoms with van der Waals surface area (Å²) in [6, 6.07) is 9.31. The lowest BCUT2D eigenvalue weighted by atomic mass is 9.95. The first kappa shape index (κ1) is 12.6. The second-order valence-electron chi connectivity index (χ2n) is 5.80. The van der Waals surface area contributed by atoms with E-state index in [0.717, 1.165) is 30.2 Å². The number of nitrogens with zero attached hydrogens (tertiary/aromatic N) is 1. The fourth-order valence-corrected chi connectivity index (χ4v) is 3.42. The lowest BCUT2D eigenvalue weighted by molar-refractivity contribution is 0.0842. The summed E-state index contributed by atoms with van der Waals surface area (Å²) < 4.78 is 5.78. The van der Waals surface area contributed by atoms with Crippen molar-refractivity contribution in [1.82, 2.24) is 10.3 Å². The summed E-state index contributed by atoms with van der Waals surface area (Å²) in [6.07, 6.45) is 3.55. The zero-order chi connectivity index (χ0) is 14.4. The van der Waals surface area contributed by atoms with Gasteiger partial charge in [0.1, 0.15) is 5.82 Å². The first-order chi connectivity index (χ1) is 10.2. The van der Waals surface area contributed by atoms with Crippen molar-refractivity contribution >= 4 is 22.6 Å². The number of nitrogens with one attached hydrogen (secondary N) is 1. The normalized spacial score (nSPS) is 27.1. The lowest BCUT2D eigenvalue weighted by Crippen LogP contribution is -2.41. The smallest absolute Gasteiger partial charge is 0.252 e. The van der Waals surface area contributed by atoms with Crippen LogP contribution in [0.2, 0.25) is 0 Å². The fourth-order valence-electron chi connectivity index (χ4n) is 3.42. The Morgan fingerprint density at radius 2 is 2.19 bits per heavy atom. The Bertz CT molecular complexity index is 716. The molecule has 108 valence electrons. The number of fused-ring (bicyclic) bond motifs is 3. The van der Waals surface area contributed by atoms with Gasteiger partial charge in [-0.1, -0.05) is 18.2 Å². The van der Waals surface area contributed by atoms with Gasteiger partial charge in [-0.2, -0.15) is 0 Å². The number of benzene rings is 1. The van der Waals surface area contributed by atoms with E-state index < -0.39 is 0 Å². The molecule has 5 nitrogen and oxygen atoms in total. The monoisotopic (exact) mass is 283 g/mol. The highest BCUT2D eigenvalue weighted by Gasteiger charge is 2.41. The van der Waals surface area contributed by atoms with Crippen LogP contribution in [0.25, 0.3) is 10.9 Å². The highest BCUT2D eigenvalue weighted by Crippen LogP contribution is 2.34. The third kappa shape index (κ3) is 2.14. The van der Waals surface area contributed by atoms with E-state index in [9.17, 15) is 4.79 Å². The van der Waals surface area contributed by atoms with Crippen molar-refractivity contribution in [2.75, 3.05) is 5.73 Å². The molecule has 3 heterocycles. The third-order valence-electron chi connectivity index (χ3n) is 4.40. The van der Waals surface area contributed by atoms with Gasteiger partial charge >= 0.3 is 0 Å². The first-order valence-electron chi connectivity index (χ1n) is 7.32. The molecule has 0 spiro atoms. The van der Waals surface area contributed by atoms with Crippen LogP contribution >= 0.6 is 0 Å². The molecule has 0 radical (unpaired) electrons. The molecule has 1 aromatic carbocycles. The molecule has 2 aliphatic rings. The minimum atomic E-state index is -0.0959. The van der Waals surface area contributed by atoms with Crippen molar-refractivity contribution in [3.05, 3.63) is 35.9 Å². The Balaban J connectivity index is 1.65. The number of nitrogens with two attached hydrogens (primary N) is 1. The van der Waals surface area contributed by atoms with Crippen LogP contribution in [-0.4, -0.2) is 29.1 Å². The molecule has 3 atom stereocenters. The Labute approximate surface area is 122 Å². The van der Waals surface area contributed by atoms with Gasteiger partial charge in [-0.05, 0) is 31.4 Å². The molecule has 2 aliphatic heterocycles. The Hall–Kier alpha value is -2.14. The standard InChI is InChI=1S/C16H17N3O2/c17-15-8-11(10-3-1-2-4-12(10)18-15)16(20)19-13-7-9-5-6-14(13)21-9/h1-4,8-9,13-14H,5-7H2,(H2,17,18)(H,19,20). The van der Waals surface area contributed by atoms with E-state index in [0.29, 0.717) is 17.5 Å². The van der Waals surface area contributed by atoms with Crippen molar-refractivity contribution in [2.24, 2.45) is 0 Å². The molecule has 1 aromatic heterocycles. The number of nitrogen functional groups attached to an aromatic ring is 1. The summed E-state index contributed by atoms with van der Waals surface area (Å²) in [5.74, 6) is 0.268. The maximum Gasteiger partial charge on any atom is 0.252 e. The Morgan fingerprint density at radius 1 is 1.33 bits per heavy atom. The summed E-state index contributed by atoms with van der Waals surface area (Å²) in [5.41, 5.74) is 7.14. The van der Waals surface area contributed by atoms with E-state index in [-0.39, 0.29) is 18.1 Å². The van der Waals surface area contributed by atoms with Gasteiger partial charge in [-0.15, -0.1) is 0 Å². The summed E-state index contributed by atoms with van der Waals surface area (Å²) in [5, 5.41) is 3.93. The SMILES string of the molecule is Nc1cc(C(=O)NC2CC3CCC2O3)c2ccccc2n1. The van der Waals surface area contributed by atoms with E-state index in [1.54, 1.807) is 6.07 Å². The molecule has 1 amide bonds. The van der Waals surface area contributed by atoms with Crippen LogP contribution in [0, 0.1) is 0 Å². The van der Waals surface area contributed by atoms with Gasteiger partial charge in [0, 0.05) is 5.39 Å². The minimum Gasteiger partial charge on any atom is -0.384 e. The third-order valence-corrected chi connectivity index (χ3v) is 4.40. The van der Waals surface area contributed by atoms with Crippen molar-refractivity contribution in [3.8, 4) is 0 Å². The predicted octanol–water partition coefficient (Wildman–Crippen LogP) is 1.87. The van der Waals surface area contributed by atoms with Crippen LogP contribution in [0.1, 0.15) is 29.6 Å². The van der Waals surface area contributed by atoms with Gasteiger partial charge in [0.2, 0.25) is 0 Å². The van der Waals surface area contributed by atoms with Crippen molar-refractivity contribution < 1.29 is 9.53 Å². The maximum absolute atomic E-state index is 12.6. The van der Waals surface area contributed by atoms with Crippen molar-refractivity contribution in [3.63, 3.8) is 0 Å². The van der Waals surface area contributed by atoms with Gasteiger partial charge in [0.15, 0.2) is 0 Å². The maximum atomic E-state index is 12.6. The Morgan fingerprint density at radius 3 is 2.95 bits per heavy atom. The van der Waals surface area contributed by atoms with E-state index in [4.69, 9.17) is 10.5 Å². The molecule has 21 heavy (non-hydrogen) atoms. The number of para-hydroxylation sites is 1. The van der Waals surface area contributed by atoms with Gasteiger partial charge in [0.25, 0.3) is 5.91 Å². The summed E-state index contributed by atoms with van der Waals surface area (Å²) >= 11 is 0. The average Bonchev–Trinajstić information content (AvgIpc) is 3.08. The topological polar surface area (TPSA) is 77.2 Å². The van der Waals surface area contributed by atoms with E-state index in [1.165, 1.54) is 0 Å². The number of aromatic nitrogens is 1. The molecule has 2 bridgehead atoms. The number of carbonyl (C=O) groups is 1. The quantitative estimate of drug-likeness (QED) is 0.882. The number of hydrogen-bond donors (Lipinski definition) is 2. The average molecular weight is 283 g/mol. The van der Waals surface area contributed by atoms with Gasteiger partial charge in [-0.25, -0.2) is 4.98 Å². The summed E-state index contributed by atoms with van der Waals surface area (Å²) in [4.78, 5) is 16.9. The van der Waals surface area contributed by atoms with E-state index in [1.807, 2.05) is 24.3 Å². The predicted molar refractivity (Wildman–Crippen MR) is 79.9 cm³/mol. The molecule has 3 unspecified atom stereocenters. The highest BCUT2D eigenvalue weighted by atomic mass is 16.5. The molecular formula is C16H17N3O2.